The predicted molar refractivity (Wildman–Crippen MR) is 92.5 cm³/mol. The molecule has 23 heavy (non-hydrogen) atoms. The zero-order valence-electron chi connectivity index (χ0n) is 13.5. The van der Waals surface area contributed by atoms with Crippen LogP contribution in [-0.2, 0) is 4.79 Å². The average molecular weight is 341 g/mol. The van der Waals surface area contributed by atoms with Crippen molar-refractivity contribution in [2.75, 3.05) is 19.7 Å². The number of hydrogen-bond donors (Lipinski definition) is 2. The molecule has 0 bridgehead atoms. The normalized spacial score (nSPS) is 14.7. The number of benzene rings is 1. The minimum absolute atomic E-state index is 0. The second kappa shape index (κ2) is 10.2. The summed E-state index contributed by atoms with van der Waals surface area (Å²) in [5.41, 5.74) is 0.675. The van der Waals surface area contributed by atoms with Gasteiger partial charge in [0, 0.05) is 18.0 Å². The Morgan fingerprint density at radius 1 is 1.22 bits per heavy atom. The van der Waals surface area contributed by atoms with Crippen molar-refractivity contribution in [3.05, 3.63) is 29.8 Å². The molecule has 0 atom stereocenters. The second-order valence-corrected chi connectivity index (χ2v) is 5.62. The Morgan fingerprint density at radius 3 is 2.48 bits per heavy atom. The van der Waals surface area contributed by atoms with Crippen molar-refractivity contribution in [1.29, 1.82) is 0 Å². The van der Waals surface area contributed by atoms with Gasteiger partial charge < -0.3 is 15.4 Å². The van der Waals surface area contributed by atoms with Gasteiger partial charge in [0.2, 0.25) is 5.91 Å². The van der Waals surface area contributed by atoms with Crippen LogP contribution in [0.25, 0.3) is 0 Å². The van der Waals surface area contributed by atoms with E-state index in [1.165, 1.54) is 6.92 Å². The Bertz CT molecular complexity index is 499. The molecule has 0 unspecified atom stereocenters. The summed E-state index contributed by atoms with van der Waals surface area (Å²) < 4.78 is 5.58. The minimum atomic E-state index is 0. The van der Waals surface area contributed by atoms with E-state index in [1.54, 1.807) is 24.3 Å². The molecule has 1 heterocycles. The molecule has 1 saturated heterocycles. The topological polar surface area (TPSA) is 67.4 Å². The fourth-order valence-corrected chi connectivity index (χ4v) is 2.47. The van der Waals surface area contributed by atoms with E-state index in [0.717, 1.165) is 31.7 Å². The van der Waals surface area contributed by atoms with Crippen molar-refractivity contribution in [1.82, 2.24) is 10.6 Å². The molecular formula is C17H25ClN2O3. The Kier molecular flexibility index (Phi) is 8.66. The molecule has 0 aromatic heterocycles. The van der Waals surface area contributed by atoms with Gasteiger partial charge in [0.1, 0.15) is 5.75 Å². The Morgan fingerprint density at radius 2 is 1.87 bits per heavy atom. The van der Waals surface area contributed by atoms with Crippen molar-refractivity contribution in [3.8, 4) is 5.75 Å². The van der Waals surface area contributed by atoms with Gasteiger partial charge in [-0.2, -0.15) is 0 Å². The van der Waals surface area contributed by atoms with E-state index < -0.39 is 0 Å². The molecule has 5 nitrogen and oxygen atoms in total. The van der Waals surface area contributed by atoms with E-state index in [9.17, 15) is 9.59 Å². The van der Waals surface area contributed by atoms with E-state index >= 15 is 0 Å². The number of Topliss-reactive ketones (excluding diaryl/α,β-unsaturated/α-hetero) is 1. The van der Waals surface area contributed by atoms with Crippen LogP contribution in [0.15, 0.2) is 24.3 Å². The molecule has 1 aliphatic rings. The molecule has 0 spiro atoms. The van der Waals surface area contributed by atoms with Crippen LogP contribution >= 0.6 is 12.4 Å². The first kappa shape index (κ1) is 19.5. The van der Waals surface area contributed by atoms with Crippen LogP contribution in [-0.4, -0.2) is 37.4 Å². The maximum atomic E-state index is 11.8. The fraction of sp³-hybridized carbons (Fsp3) is 0.529. The largest absolute Gasteiger partial charge is 0.494 e. The summed E-state index contributed by atoms with van der Waals surface area (Å²) >= 11 is 0. The third kappa shape index (κ3) is 7.01. The molecule has 0 radical (unpaired) electrons. The van der Waals surface area contributed by atoms with E-state index in [1.807, 2.05) is 0 Å². The highest BCUT2D eigenvalue weighted by atomic mass is 35.5. The van der Waals surface area contributed by atoms with Crippen LogP contribution in [0.5, 0.6) is 5.75 Å². The van der Waals surface area contributed by atoms with E-state index in [-0.39, 0.29) is 24.1 Å². The van der Waals surface area contributed by atoms with E-state index in [4.69, 9.17) is 4.74 Å². The van der Waals surface area contributed by atoms with Crippen LogP contribution in [0.4, 0.5) is 0 Å². The molecule has 0 aliphatic carbocycles. The molecule has 0 saturated carbocycles. The van der Waals surface area contributed by atoms with Gasteiger partial charge in [-0.1, -0.05) is 0 Å². The maximum Gasteiger partial charge on any atom is 0.220 e. The summed E-state index contributed by atoms with van der Waals surface area (Å²) in [5.74, 6) is 0.868. The maximum absolute atomic E-state index is 11.8. The standard InChI is InChI=1S/C17H24N2O3.ClH/c1-13(20)14-4-6-16(7-5-14)22-12-2-3-17(21)19-15-8-10-18-11-9-15;/h4-7,15,18H,2-3,8-12H2,1H3,(H,19,21);1H. The third-order valence-electron chi connectivity index (χ3n) is 3.78. The molecular weight excluding hydrogens is 316 g/mol. The van der Waals surface area contributed by atoms with Crippen molar-refractivity contribution in [2.45, 2.75) is 38.6 Å². The van der Waals surface area contributed by atoms with Crippen LogP contribution < -0.4 is 15.4 Å². The number of halogens is 1. The van der Waals surface area contributed by atoms with Gasteiger partial charge in [-0.15, -0.1) is 12.4 Å². The summed E-state index contributed by atoms with van der Waals surface area (Å²) in [6, 6.07) is 7.38. The van der Waals surface area contributed by atoms with Gasteiger partial charge in [0.05, 0.1) is 6.61 Å². The number of ketones is 1. The summed E-state index contributed by atoms with van der Waals surface area (Å²) in [5, 5.41) is 6.34. The van der Waals surface area contributed by atoms with Gasteiger partial charge in [-0.25, -0.2) is 0 Å². The van der Waals surface area contributed by atoms with Crippen LogP contribution in [0, 0.1) is 0 Å². The molecule has 1 aliphatic heterocycles. The Labute approximate surface area is 143 Å². The summed E-state index contributed by atoms with van der Waals surface area (Å²) in [6.45, 7) is 3.99. The van der Waals surface area contributed by atoms with Crippen LogP contribution in [0.1, 0.15) is 43.0 Å². The zero-order chi connectivity index (χ0) is 15.8. The second-order valence-electron chi connectivity index (χ2n) is 5.62. The number of carbonyl (C=O) groups excluding carboxylic acids is 2. The number of hydrogen-bond acceptors (Lipinski definition) is 4. The first-order valence-electron chi connectivity index (χ1n) is 7.89. The molecule has 1 amide bonds. The number of piperidine rings is 1. The van der Waals surface area contributed by atoms with Gasteiger partial charge >= 0.3 is 0 Å². The molecule has 1 fully saturated rings. The molecule has 128 valence electrons. The molecule has 6 heteroatoms. The van der Waals surface area contributed by atoms with Crippen molar-refractivity contribution >= 4 is 24.1 Å². The molecule has 2 rings (SSSR count). The van der Waals surface area contributed by atoms with Gasteiger partial charge in [0.15, 0.2) is 5.78 Å². The van der Waals surface area contributed by atoms with Crippen molar-refractivity contribution in [3.63, 3.8) is 0 Å². The number of nitrogens with one attached hydrogen (secondary N) is 2. The van der Waals surface area contributed by atoms with Crippen molar-refractivity contribution < 1.29 is 14.3 Å². The SMILES string of the molecule is CC(=O)c1ccc(OCCCC(=O)NC2CCNCC2)cc1.Cl. The summed E-state index contributed by atoms with van der Waals surface area (Å²) in [6.07, 6.45) is 3.18. The number of carbonyl (C=O) groups is 2. The Balaban J connectivity index is 0.00000264. The highest BCUT2D eigenvalue weighted by Gasteiger charge is 2.14. The van der Waals surface area contributed by atoms with E-state index in [0.29, 0.717) is 31.1 Å². The fourth-order valence-electron chi connectivity index (χ4n) is 2.47. The Hall–Kier alpha value is -1.59. The summed E-state index contributed by atoms with van der Waals surface area (Å²) in [7, 11) is 0. The lowest BCUT2D eigenvalue weighted by Crippen LogP contribution is -2.42. The first-order chi connectivity index (χ1) is 10.6. The summed E-state index contributed by atoms with van der Waals surface area (Å²) in [4.78, 5) is 23.0. The quantitative estimate of drug-likeness (QED) is 0.590. The van der Waals surface area contributed by atoms with Crippen LogP contribution in [0.3, 0.4) is 0 Å². The molecule has 2 N–H and O–H groups in total. The predicted octanol–water partition coefficient (Wildman–Crippen LogP) is 2.34. The first-order valence-corrected chi connectivity index (χ1v) is 7.89. The average Bonchev–Trinajstić information content (AvgIpc) is 2.53. The van der Waals surface area contributed by atoms with Gasteiger partial charge in [0.25, 0.3) is 0 Å². The monoisotopic (exact) mass is 340 g/mol. The highest BCUT2D eigenvalue weighted by Crippen LogP contribution is 2.13. The third-order valence-corrected chi connectivity index (χ3v) is 3.78. The molecule has 1 aromatic carbocycles. The van der Waals surface area contributed by atoms with E-state index in [2.05, 4.69) is 10.6 Å². The lowest BCUT2D eigenvalue weighted by molar-refractivity contribution is -0.122. The lowest BCUT2D eigenvalue weighted by atomic mass is 10.1. The number of rotatable bonds is 7. The number of ether oxygens (including phenoxy) is 1. The van der Waals surface area contributed by atoms with Crippen molar-refractivity contribution in [2.24, 2.45) is 0 Å². The van der Waals surface area contributed by atoms with Crippen LogP contribution in [0.2, 0.25) is 0 Å². The lowest BCUT2D eigenvalue weighted by Gasteiger charge is -2.23. The molecule has 1 aromatic rings. The number of amides is 1. The zero-order valence-corrected chi connectivity index (χ0v) is 14.3. The smallest absolute Gasteiger partial charge is 0.220 e. The van der Waals surface area contributed by atoms with Gasteiger partial charge in [-0.05, 0) is 63.5 Å². The minimum Gasteiger partial charge on any atom is -0.494 e. The highest BCUT2D eigenvalue weighted by molar-refractivity contribution is 5.94. The van der Waals surface area contributed by atoms with Gasteiger partial charge in [-0.3, -0.25) is 9.59 Å².